The van der Waals surface area contributed by atoms with Crippen LogP contribution in [0.1, 0.15) is 16.7 Å². The van der Waals surface area contributed by atoms with Crippen molar-refractivity contribution in [3.05, 3.63) is 71.3 Å². The zero-order valence-electron chi connectivity index (χ0n) is 15.9. The van der Waals surface area contributed by atoms with Gasteiger partial charge in [0.15, 0.2) is 0 Å². The number of aryl methyl sites for hydroxylation is 2. The Kier molecular flexibility index (Phi) is 5.69. The van der Waals surface area contributed by atoms with Crippen LogP contribution in [0, 0.1) is 13.8 Å². The molecular formula is C22H21N3O3. The smallest absolute Gasteiger partial charge is 0.329 e. The first-order chi connectivity index (χ1) is 13.5. The summed E-state index contributed by atoms with van der Waals surface area (Å²) in [6, 6.07) is 17.0. The summed E-state index contributed by atoms with van der Waals surface area (Å²) in [5, 5.41) is 8.44. The van der Waals surface area contributed by atoms with Gasteiger partial charge < -0.3 is 10.1 Å². The molecule has 142 valence electrons. The summed E-state index contributed by atoms with van der Waals surface area (Å²) in [5.41, 5.74) is 5.67. The van der Waals surface area contributed by atoms with Gasteiger partial charge in [0.25, 0.3) is 0 Å². The van der Waals surface area contributed by atoms with E-state index in [1.807, 2.05) is 62.4 Å². The van der Waals surface area contributed by atoms with Crippen molar-refractivity contribution in [3.63, 3.8) is 0 Å². The van der Waals surface area contributed by atoms with E-state index in [2.05, 4.69) is 15.8 Å². The van der Waals surface area contributed by atoms with E-state index in [4.69, 9.17) is 4.74 Å². The number of carbonyl (C=O) groups excluding carboxylic acids is 2. The third kappa shape index (κ3) is 4.17. The Balaban J connectivity index is 1.72. The molecule has 3 rings (SSSR count). The van der Waals surface area contributed by atoms with Gasteiger partial charge in [0.2, 0.25) is 0 Å². The number of nitrogens with one attached hydrogen (secondary N) is 2. The van der Waals surface area contributed by atoms with E-state index in [1.54, 1.807) is 13.2 Å². The van der Waals surface area contributed by atoms with E-state index in [-0.39, 0.29) is 0 Å². The maximum atomic E-state index is 12.1. The molecule has 0 radical (unpaired) electrons. The minimum absolute atomic E-state index is 0.558. The highest BCUT2D eigenvalue weighted by atomic mass is 16.5. The van der Waals surface area contributed by atoms with E-state index >= 15 is 0 Å². The minimum atomic E-state index is -0.853. The van der Waals surface area contributed by atoms with Gasteiger partial charge in [-0.25, -0.2) is 5.43 Å². The van der Waals surface area contributed by atoms with Gasteiger partial charge in [0.05, 0.1) is 13.3 Å². The lowest BCUT2D eigenvalue weighted by Crippen LogP contribution is -2.32. The van der Waals surface area contributed by atoms with Crippen LogP contribution in [0.3, 0.4) is 0 Å². The van der Waals surface area contributed by atoms with Crippen LogP contribution < -0.4 is 15.5 Å². The molecule has 2 N–H and O–H groups in total. The monoisotopic (exact) mass is 375 g/mol. The highest BCUT2D eigenvalue weighted by Crippen LogP contribution is 2.26. The van der Waals surface area contributed by atoms with Crippen molar-refractivity contribution in [2.45, 2.75) is 13.8 Å². The zero-order chi connectivity index (χ0) is 20.1. The molecule has 2 amide bonds. The third-order valence-corrected chi connectivity index (χ3v) is 4.48. The highest BCUT2D eigenvalue weighted by molar-refractivity contribution is 6.39. The van der Waals surface area contributed by atoms with Gasteiger partial charge in [-0.05, 0) is 53.9 Å². The number of benzene rings is 3. The Morgan fingerprint density at radius 3 is 2.50 bits per heavy atom. The molecule has 0 saturated carbocycles. The van der Waals surface area contributed by atoms with E-state index < -0.39 is 11.8 Å². The summed E-state index contributed by atoms with van der Waals surface area (Å²) >= 11 is 0. The lowest BCUT2D eigenvalue weighted by atomic mass is 10.0. The second kappa shape index (κ2) is 8.35. The van der Waals surface area contributed by atoms with E-state index in [0.717, 1.165) is 27.5 Å². The van der Waals surface area contributed by atoms with Gasteiger partial charge in [0.1, 0.15) is 5.75 Å². The summed E-state index contributed by atoms with van der Waals surface area (Å²) in [7, 11) is 1.57. The van der Waals surface area contributed by atoms with E-state index in [0.29, 0.717) is 11.4 Å². The lowest BCUT2D eigenvalue weighted by molar-refractivity contribution is -0.136. The molecule has 6 heteroatoms. The zero-order valence-corrected chi connectivity index (χ0v) is 15.9. The Morgan fingerprint density at radius 1 is 0.964 bits per heavy atom. The molecule has 0 fully saturated rings. The maximum absolute atomic E-state index is 12.1. The van der Waals surface area contributed by atoms with Crippen molar-refractivity contribution in [2.75, 3.05) is 12.4 Å². The normalized spacial score (nSPS) is 10.8. The number of amides is 2. The van der Waals surface area contributed by atoms with Crippen LogP contribution in [-0.2, 0) is 9.59 Å². The largest absolute Gasteiger partial charge is 0.496 e. The Morgan fingerprint density at radius 2 is 1.75 bits per heavy atom. The number of carbonyl (C=O) groups is 2. The fourth-order valence-electron chi connectivity index (χ4n) is 2.80. The topological polar surface area (TPSA) is 79.8 Å². The quantitative estimate of drug-likeness (QED) is 0.416. The highest BCUT2D eigenvalue weighted by Gasteiger charge is 2.13. The summed E-state index contributed by atoms with van der Waals surface area (Å²) in [4.78, 5) is 24.1. The van der Waals surface area contributed by atoms with Crippen molar-refractivity contribution in [1.82, 2.24) is 5.43 Å². The van der Waals surface area contributed by atoms with Crippen molar-refractivity contribution in [1.29, 1.82) is 0 Å². The standard InChI is InChI=1S/C22H21N3O3/c1-14-8-10-17(12-15(14)2)24-21(26)22(27)25-23-13-19-18-7-5-4-6-16(18)9-11-20(19)28-3/h4-13H,1-3H3,(H,24,26)(H,25,27)/b23-13-. The minimum Gasteiger partial charge on any atom is -0.496 e. The molecule has 0 aliphatic carbocycles. The summed E-state index contributed by atoms with van der Waals surface area (Å²) in [5.74, 6) is -1.02. The number of methoxy groups -OCH3 is 1. The second-order valence-electron chi connectivity index (χ2n) is 6.35. The van der Waals surface area contributed by atoms with Crippen LogP contribution in [0.5, 0.6) is 5.75 Å². The lowest BCUT2D eigenvalue weighted by Gasteiger charge is -2.08. The predicted molar refractivity (Wildman–Crippen MR) is 111 cm³/mol. The number of rotatable bonds is 4. The molecule has 0 spiro atoms. The Hall–Kier alpha value is -3.67. The number of ether oxygens (including phenoxy) is 1. The Labute approximate surface area is 163 Å². The SMILES string of the molecule is COc1ccc2ccccc2c1/C=N\NC(=O)C(=O)Nc1ccc(C)c(C)c1. The molecule has 0 saturated heterocycles. The first-order valence-corrected chi connectivity index (χ1v) is 8.77. The first kappa shape index (κ1) is 19.1. The number of hydrogen-bond donors (Lipinski definition) is 2. The van der Waals surface area contributed by atoms with E-state index in [1.165, 1.54) is 6.21 Å². The summed E-state index contributed by atoms with van der Waals surface area (Å²) in [6.45, 7) is 3.91. The summed E-state index contributed by atoms with van der Waals surface area (Å²) < 4.78 is 5.38. The predicted octanol–water partition coefficient (Wildman–Crippen LogP) is 3.55. The second-order valence-corrected chi connectivity index (χ2v) is 6.35. The molecule has 0 atom stereocenters. The van der Waals surface area contributed by atoms with Gasteiger partial charge in [-0.1, -0.05) is 36.4 Å². The maximum Gasteiger partial charge on any atom is 0.329 e. The van der Waals surface area contributed by atoms with Crippen molar-refractivity contribution >= 4 is 34.5 Å². The molecule has 0 aliphatic heterocycles. The van der Waals surface area contributed by atoms with Crippen molar-refractivity contribution < 1.29 is 14.3 Å². The number of nitrogens with zero attached hydrogens (tertiary/aromatic N) is 1. The fraction of sp³-hybridized carbons (Fsp3) is 0.136. The average molecular weight is 375 g/mol. The molecule has 0 heterocycles. The Bertz CT molecular complexity index is 1070. The van der Waals surface area contributed by atoms with Crippen LogP contribution in [0.2, 0.25) is 0 Å². The average Bonchev–Trinajstić information content (AvgIpc) is 2.70. The van der Waals surface area contributed by atoms with Crippen LogP contribution in [0.15, 0.2) is 59.7 Å². The van der Waals surface area contributed by atoms with Gasteiger partial charge in [-0.15, -0.1) is 0 Å². The fourth-order valence-corrected chi connectivity index (χ4v) is 2.80. The number of fused-ring (bicyclic) bond motifs is 1. The van der Waals surface area contributed by atoms with Crippen molar-refractivity contribution in [3.8, 4) is 5.75 Å². The molecule has 0 unspecified atom stereocenters. The van der Waals surface area contributed by atoms with Gasteiger partial charge >= 0.3 is 11.8 Å². The molecule has 28 heavy (non-hydrogen) atoms. The first-order valence-electron chi connectivity index (χ1n) is 8.77. The molecule has 0 bridgehead atoms. The molecule has 6 nitrogen and oxygen atoms in total. The van der Waals surface area contributed by atoms with Gasteiger partial charge in [-0.2, -0.15) is 5.10 Å². The third-order valence-electron chi connectivity index (χ3n) is 4.48. The van der Waals surface area contributed by atoms with Crippen molar-refractivity contribution in [2.24, 2.45) is 5.10 Å². The molecule has 3 aromatic carbocycles. The van der Waals surface area contributed by atoms with Crippen LogP contribution in [-0.4, -0.2) is 25.1 Å². The van der Waals surface area contributed by atoms with Gasteiger partial charge in [0, 0.05) is 11.3 Å². The number of hydrogen-bond acceptors (Lipinski definition) is 4. The molecule has 3 aromatic rings. The number of hydrazone groups is 1. The van der Waals surface area contributed by atoms with Gasteiger partial charge in [-0.3, -0.25) is 9.59 Å². The van der Waals surface area contributed by atoms with Crippen LogP contribution in [0.4, 0.5) is 5.69 Å². The summed E-state index contributed by atoms with van der Waals surface area (Å²) in [6.07, 6.45) is 1.47. The van der Waals surface area contributed by atoms with E-state index in [9.17, 15) is 9.59 Å². The van der Waals surface area contributed by atoms with Crippen LogP contribution in [0.25, 0.3) is 10.8 Å². The molecular weight excluding hydrogens is 354 g/mol. The van der Waals surface area contributed by atoms with Crippen LogP contribution >= 0.6 is 0 Å². The molecule has 0 aliphatic rings. The molecule has 0 aromatic heterocycles. The number of anilines is 1.